The van der Waals surface area contributed by atoms with Crippen LogP contribution in [0.5, 0.6) is 0 Å². The Morgan fingerprint density at radius 1 is 1.05 bits per heavy atom. The van der Waals surface area contributed by atoms with Gasteiger partial charge in [0.25, 0.3) is 5.56 Å². The molecule has 2 aromatic rings. The number of carbonyl (C=O) groups is 1. The Labute approximate surface area is 110 Å². The second-order valence-electron chi connectivity index (χ2n) is 3.81. The van der Waals surface area contributed by atoms with Crippen LogP contribution in [0.4, 0.5) is 16.2 Å². The predicted molar refractivity (Wildman–Crippen MR) is 74.4 cm³/mol. The van der Waals surface area contributed by atoms with Gasteiger partial charge in [0.05, 0.1) is 0 Å². The number of anilines is 2. The monoisotopic (exact) mass is 261 g/mol. The molecule has 0 saturated heterocycles. The van der Waals surface area contributed by atoms with Gasteiger partial charge in [-0.15, -0.1) is 0 Å². The summed E-state index contributed by atoms with van der Waals surface area (Å²) in [6, 6.07) is 11.7. The van der Waals surface area contributed by atoms with Gasteiger partial charge in [0, 0.05) is 30.7 Å². The molecule has 1 heterocycles. The third kappa shape index (κ3) is 3.97. The third-order valence-corrected chi connectivity index (χ3v) is 2.39. The standard InChI is InChI=1S/C13H13N3O2.H2O/c1-16-8-7-11(9-12(16)17)15-13(18)14-10-5-3-2-4-6-10;/h2-9H,1H3,(H2,14,15,18);1H2. The lowest BCUT2D eigenvalue weighted by atomic mass is 10.3. The summed E-state index contributed by atoms with van der Waals surface area (Å²) >= 11 is 0. The highest BCUT2D eigenvalue weighted by Crippen LogP contribution is 2.07. The molecule has 1 aromatic carbocycles. The number of pyridine rings is 1. The van der Waals surface area contributed by atoms with E-state index in [9.17, 15) is 9.59 Å². The molecule has 0 saturated carbocycles. The van der Waals surface area contributed by atoms with Gasteiger partial charge in [-0.25, -0.2) is 4.79 Å². The fraction of sp³-hybridized carbons (Fsp3) is 0.0769. The summed E-state index contributed by atoms with van der Waals surface area (Å²) in [6.07, 6.45) is 1.60. The van der Waals surface area contributed by atoms with Crippen LogP contribution in [-0.2, 0) is 7.05 Å². The summed E-state index contributed by atoms with van der Waals surface area (Å²) in [5.74, 6) is 0. The topological polar surface area (TPSA) is 94.6 Å². The van der Waals surface area contributed by atoms with Gasteiger partial charge in [-0.2, -0.15) is 0 Å². The Kier molecular flexibility index (Phi) is 4.84. The number of hydrogen-bond donors (Lipinski definition) is 2. The molecule has 100 valence electrons. The fourth-order valence-electron chi connectivity index (χ4n) is 1.44. The molecule has 0 aliphatic rings. The van der Waals surface area contributed by atoms with Crippen molar-refractivity contribution in [3.8, 4) is 0 Å². The lowest BCUT2D eigenvalue weighted by Gasteiger charge is -2.07. The van der Waals surface area contributed by atoms with Crippen molar-refractivity contribution < 1.29 is 10.3 Å². The molecule has 2 amide bonds. The van der Waals surface area contributed by atoms with Crippen molar-refractivity contribution in [2.45, 2.75) is 0 Å². The maximum absolute atomic E-state index is 11.6. The van der Waals surface area contributed by atoms with Crippen molar-refractivity contribution >= 4 is 17.4 Å². The number of nitrogens with zero attached hydrogens (tertiary/aromatic N) is 1. The number of amides is 2. The van der Waals surface area contributed by atoms with Gasteiger partial charge in [-0.05, 0) is 18.2 Å². The Balaban J connectivity index is 0.00000180. The second-order valence-corrected chi connectivity index (χ2v) is 3.81. The van der Waals surface area contributed by atoms with Crippen LogP contribution in [-0.4, -0.2) is 16.1 Å². The van der Waals surface area contributed by atoms with Crippen LogP contribution in [0.3, 0.4) is 0 Å². The van der Waals surface area contributed by atoms with Gasteiger partial charge in [-0.3, -0.25) is 4.79 Å². The SMILES string of the molecule is Cn1ccc(NC(=O)Nc2ccccc2)cc1=O.O. The van der Waals surface area contributed by atoms with E-state index in [-0.39, 0.29) is 17.1 Å². The molecule has 0 aliphatic carbocycles. The van der Waals surface area contributed by atoms with E-state index in [1.807, 2.05) is 18.2 Å². The summed E-state index contributed by atoms with van der Waals surface area (Å²) in [4.78, 5) is 23.0. The van der Waals surface area contributed by atoms with Gasteiger partial charge in [0.2, 0.25) is 0 Å². The first-order chi connectivity index (χ1) is 8.65. The van der Waals surface area contributed by atoms with Gasteiger partial charge in [0.15, 0.2) is 0 Å². The summed E-state index contributed by atoms with van der Waals surface area (Å²) in [6.45, 7) is 0. The molecule has 0 atom stereocenters. The quantitative estimate of drug-likeness (QED) is 0.849. The molecule has 0 radical (unpaired) electrons. The molecular formula is C13H15N3O3. The molecule has 6 heteroatoms. The van der Waals surface area contributed by atoms with E-state index in [1.54, 1.807) is 31.4 Å². The number of aryl methyl sites for hydroxylation is 1. The molecule has 2 rings (SSSR count). The van der Waals surface area contributed by atoms with Crippen LogP contribution in [0.1, 0.15) is 0 Å². The fourth-order valence-corrected chi connectivity index (χ4v) is 1.44. The van der Waals surface area contributed by atoms with Crippen molar-refractivity contribution in [1.29, 1.82) is 0 Å². The molecule has 1 aromatic heterocycles. The lowest BCUT2D eigenvalue weighted by molar-refractivity contribution is 0.262. The first-order valence-corrected chi connectivity index (χ1v) is 5.45. The average Bonchev–Trinajstić information content (AvgIpc) is 2.35. The number of carbonyl (C=O) groups excluding carboxylic acids is 1. The summed E-state index contributed by atoms with van der Waals surface area (Å²) in [7, 11) is 1.65. The van der Waals surface area contributed by atoms with E-state index in [0.29, 0.717) is 11.4 Å². The maximum atomic E-state index is 11.6. The van der Waals surface area contributed by atoms with E-state index in [0.717, 1.165) is 0 Å². The second kappa shape index (κ2) is 6.36. The van der Waals surface area contributed by atoms with Gasteiger partial charge >= 0.3 is 6.03 Å². The molecule has 19 heavy (non-hydrogen) atoms. The minimum atomic E-state index is -0.380. The Hall–Kier alpha value is -2.60. The van der Waals surface area contributed by atoms with Crippen LogP contribution in [0, 0.1) is 0 Å². The van der Waals surface area contributed by atoms with Crippen LogP contribution in [0.2, 0.25) is 0 Å². The highest BCUT2D eigenvalue weighted by Gasteiger charge is 2.02. The van der Waals surface area contributed by atoms with Gasteiger partial charge < -0.3 is 20.7 Å². The first kappa shape index (κ1) is 14.5. The number of para-hydroxylation sites is 1. The molecule has 0 spiro atoms. The Bertz CT molecular complexity index is 608. The zero-order valence-corrected chi connectivity index (χ0v) is 10.4. The molecule has 0 aliphatic heterocycles. The zero-order valence-electron chi connectivity index (χ0n) is 10.4. The Morgan fingerprint density at radius 3 is 2.32 bits per heavy atom. The minimum absolute atomic E-state index is 0. The number of nitrogens with one attached hydrogen (secondary N) is 2. The van der Waals surface area contributed by atoms with Crippen molar-refractivity contribution in [2.75, 3.05) is 10.6 Å². The van der Waals surface area contributed by atoms with Gasteiger partial charge in [0.1, 0.15) is 0 Å². The maximum Gasteiger partial charge on any atom is 0.323 e. The van der Waals surface area contributed by atoms with Crippen molar-refractivity contribution in [2.24, 2.45) is 7.05 Å². The molecule has 0 bridgehead atoms. The number of benzene rings is 1. The number of aromatic nitrogens is 1. The van der Waals surface area contributed by atoms with E-state index in [4.69, 9.17) is 0 Å². The molecule has 0 fully saturated rings. The average molecular weight is 261 g/mol. The van der Waals surface area contributed by atoms with E-state index >= 15 is 0 Å². The largest absolute Gasteiger partial charge is 0.412 e. The molecule has 6 nitrogen and oxygen atoms in total. The zero-order chi connectivity index (χ0) is 13.0. The highest BCUT2D eigenvalue weighted by atomic mass is 16.2. The molecule has 0 unspecified atom stereocenters. The van der Waals surface area contributed by atoms with E-state index in [2.05, 4.69) is 10.6 Å². The van der Waals surface area contributed by atoms with Crippen molar-refractivity contribution in [3.63, 3.8) is 0 Å². The predicted octanol–water partition coefficient (Wildman–Crippen LogP) is 1.20. The smallest absolute Gasteiger partial charge is 0.323 e. The highest BCUT2D eigenvalue weighted by molar-refractivity contribution is 5.99. The van der Waals surface area contributed by atoms with E-state index < -0.39 is 0 Å². The van der Waals surface area contributed by atoms with Crippen molar-refractivity contribution in [3.05, 3.63) is 59.0 Å². The lowest BCUT2D eigenvalue weighted by Crippen LogP contribution is -2.22. The molecule has 4 N–H and O–H groups in total. The third-order valence-electron chi connectivity index (χ3n) is 2.39. The first-order valence-electron chi connectivity index (χ1n) is 5.45. The van der Waals surface area contributed by atoms with Crippen LogP contribution in [0.15, 0.2) is 53.5 Å². The number of rotatable bonds is 2. The van der Waals surface area contributed by atoms with Crippen molar-refractivity contribution in [1.82, 2.24) is 4.57 Å². The van der Waals surface area contributed by atoms with Crippen LogP contribution >= 0.6 is 0 Å². The van der Waals surface area contributed by atoms with Gasteiger partial charge in [-0.1, -0.05) is 18.2 Å². The summed E-state index contributed by atoms with van der Waals surface area (Å²) in [5, 5.41) is 5.26. The summed E-state index contributed by atoms with van der Waals surface area (Å²) in [5.41, 5.74) is 0.984. The van der Waals surface area contributed by atoms with E-state index in [1.165, 1.54) is 10.6 Å². The van der Waals surface area contributed by atoms with Crippen LogP contribution in [0.25, 0.3) is 0 Å². The summed E-state index contributed by atoms with van der Waals surface area (Å²) < 4.78 is 1.43. The number of hydrogen-bond acceptors (Lipinski definition) is 2. The normalized spacial score (nSPS) is 9.32. The molecular weight excluding hydrogens is 246 g/mol. The van der Waals surface area contributed by atoms with Crippen LogP contribution < -0.4 is 16.2 Å². The Morgan fingerprint density at radius 2 is 1.68 bits per heavy atom. The minimum Gasteiger partial charge on any atom is -0.412 e. The number of urea groups is 1.